The molecule has 0 saturated heterocycles. The van der Waals surface area contributed by atoms with Gasteiger partial charge < -0.3 is 14.8 Å². The Bertz CT molecular complexity index is 680. The average Bonchev–Trinajstić information content (AvgIpc) is 2.61. The number of hydrogen-bond donors (Lipinski definition) is 1. The summed E-state index contributed by atoms with van der Waals surface area (Å²) in [5.74, 6) is 1.42. The molecule has 2 aromatic rings. The zero-order valence-corrected chi connectivity index (χ0v) is 14.8. The normalized spacial score (nSPS) is 11.7. The molecule has 1 atom stereocenters. The van der Waals surface area contributed by atoms with Crippen molar-refractivity contribution in [2.24, 2.45) is 0 Å². The molecule has 0 fully saturated rings. The average molecular weight is 327 g/mol. The number of rotatable bonds is 7. The molecule has 0 bridgehead atoms. The number of carbonyl (C=O) groups is 1. The number of carbonyl (C=O) groups excluding carboxylic acids is 1. The number of ether oxygens (including phenoxy) is 2. The van der Waals surface area contributed by atoms with Gasteiger partial charge in [0.05, 0.1) is 7.11 Å². The van der Waals surface area contributed by atoms with Gasteiger partial charge in [0.2, 0.25) is 0 Å². The number of benzene rings is 2. The minimum Gasteiger partial charge on any atom is -0.497 e. The van der Waals surface area contributed by atoms with Crippen LogP contribution in [0.1, 0.15) is 30.0 Å². The summed E-state index contributed by atoms with van der Waals surface area (Å²) in [6.45, 7) is 6.50. The van der Waals surface area contributed by atoms with E-state index in [1.54, 1.807) is 7.11 Å². The van der Waals surface area contributed by atoms with Crippen molar-refractivity contribution in [2.45, 2.75) is 39.8 Å². The topological polar surface area (TPSA) is 47.6 Å². The van der Waals surface area contributed by atoms with Crippen molar-refractivity contribution in [3.63, 3.8) is 0 Å². The van der Waals surface area contributed by atoms with E-state index >= 15 is 0 Å². The molecule has 0 heterocycles. The minimum absolute atomic E-state index is 0.105. The number of aryl methyl sites for hydroxylation is 2. The Morgan fingerprint density at radius 2 is 1.71 bits per heavy atom. The highest BCUT2D eigenvalue weighted by molar-refractivity contribution is 5.81. The van der Waals surface area contributed by atoms with Crippen LogP contribution in [-0.2, 0) is 11.3 Å². The van der Waals surface area contributed by atoms with Gasteiger partial charge in [0, 0.05) is 6.54 Å². The summed E-state index contributed by atoms with van der Waals surface area (Å²) in [7, 11) is 1.63. The largest absolute Gasteiger partial charge is 0.497 e. The van der Waals surface area contributed by atoms with Gasteiger partial charge in [0.15, 0.2) is 6.10 Å². The first-order chi connectivity index (χ1) is 11.5. The molecule has 1 N–H and O–H groups in total. The lowest BCUT2D eigenvalue weighted by Gasteiger charge is -2.18. The van der Waals surface area contributed by atoms with E-state index in [0.29, 0.717) is 13.0 Å². The van der Waals surface area contributed by atoms with Crippen LogP contribution < -0.4 is 14.8 Å². The molecule has 0 unspecified atom stereocenters. The molecule has 4 nitrogen and oxygen atoms in total. The predicted octanol–water partition coefficient (Wildman–Crippen LogP) is 3.79. The summed E-state index contributed by atoms with van der Waals surface area (Å²) in [5, 5.41) is 2.93. The summed E-state index contributed by atoms with van der Waals surface area (Å²) < 4.78 is 11.0. The fourth-order valence-electron chi connectivity index (χ4n) is 2.32. The molecule has 0 aliphatic rings. The predicted molar refractivity (Wildman–Crippen MR) is 95.5 cm³/mol. The monoisotopic (exact) mass is 327 g/mol. The van der Waals surface area contributed by atoms with Gasteiger partial charge in [0.1, 0.15) is 11.5 Å². The van der Waals surface area contributed by atoms with Crippen molar-refractivity contribution in [3.05, 3.63) is 59.2 Å². The van der Waals surface area contributed by atoms with E-state index in [0.717, 1.165) is 22.6 Å². The Kier molecular flexibility index (Phi) is 6.24. The third-order valence-electron chi connectivity index (χ3n) is 4.05. The van der Waals surface area contributed by atoms with Gasteiger partial charge in [-0.15, -0.1) is 0 Å². The van der Waals surface area contributed by atoms with Crippen LogP contribution in [0.5, 0.6) is 11.5 Å². The molecule has 24 heavy (non-hydrogen) atoms. The minimum atomic E-state index is -0.495. The zero-order chi connectivity index (χ0) is 17.5. The molecule has 0 spiro atoms. The highest BCUT2D eigenvalue weighted by Crippen LogP contribution is 2.18. The molecular formula is C20H25NO3. The smallest absolute Gasteiger partial charge is 0.261 e. The van der Waals surface area contributed by atoms with Crippen LogP contribution in [0.3, 0.4) is 0 Å². The maximum Gasteiger partial charge on any atom is 0.261 e. The molecular weight excluding hydrogens is 302 g/mol. The molecule has 0 aliphatic heterocycles. The third kappa shape index (κ3) is 4.75. The number of hydrogen-bond acceptors (Lipinski definition) is 3. The van der Waals surface area contributed by atoms with Gasteiger partial charge >= 0.3 is 0 Å². The Hall–Kier alpha value is -2.49. The molecule has 2 aromatic carbocycles. The van der Waals surface area contributed by atoms with Crippen LogP contribution >= 0.6 is 0 Å². The van der Waals surface area contributed by atoms with Crippen molar-refractivity contribution in [2.75, 3.05) is 7.11 Å². The molecule has 0 aromatic heterocycles. The molecule has 4 heteroatoms. The van der Waals surface area contributed by atoms with Crippen molar-refractivity contribution >= 4 is 5.91 Å². The van der Waals surface area contributed by atoms with E-state index in [2.05, 4.69) is 12.2 Å². The van der Waals surface area contributed by atoms with E-state index in [-0.39, 0.29) is 5.91 Å². The van der Waals surface area contributed by atoms with Gasteiger partial charge in [-0.1, -0.05) is 25.1 Å². The Morgan fingerprint density at radius 1 is 1.04 bits per heavy atom. The molecule has 0 radical (unpaired) electrons. The van der Waals surface area contributed by atoms with E-state index < -0.39 is 6.10 Å². The number of amides is 1. The van der Waals surface area contributed by atoms with E-state index in [9.17, 15) is 4.79 Å². The summed E-state index contributed by atoms with van der Waals surface area (Å²) in [4.78, 5) is 12.4. The molecule has 1 amide bonds. The SMILES string of the molecule is CC[C@H](Oc1ccc(C)c(C)c1)C(=O)NCc1ccc(OC)cc1. The lowest BCUT2D eigenvalue weighted by Crippen LogP contribution is -2.37. The van der Waals surface area contributed by atoms with Gasteiger partial charge in [-0.25, -0.2) is 0 Å². The highest BCUT2D eigenvalue weighted by Gasteiger charge is 2.18. The van der Waals surface area contributed by atoms with E-state index in [1.165, 1.54) is 5.56 Å². The van der Waals surface area contributed by atoms with Crippen LogP contribution in [-0.4, -0.2) is 19.1 Å². The van der Waals surface area contributed by atoms with Crippen LogP contribution in [0.25, 0.3) is 0 Å². The summed E-state index contributed by atoms with van der Waals surface area (Å²) in [6, 6.07) is 13.5. The van der Waals surface area contributed by atoms with Crippen LogP contribution in [0.2, 0.25) is 0 Å². The van der Waals surface area contributed by atoms with Crippen molar-refractivity contribution in [1.82, 2.24) is 5.32 Å². The zero-order valence-electron chi connectivity index (χ0n) is 14.8. The first-order valence-electron chi connectivity index (χ1n) is 8.18. The lowest BCUT2D eigenvalue weighted by atomic mass is 10.1. The molecule has 0 saturated carbocycles. The first-order valence-corrected chi connectivity index (χ1v) is 8.18. The third-order valence-corrected chi connectivity index (χ3v) is 4.05. The number of nitrogens with one attached hydrogen (secondary N) is 1. The van der Waals surface area contributed by atoms with E-state index in [4.69, 9.17) is 9.47 Å². The Labute approximate surface area is 143 Å². The molecule has 128 valence electrons. The second-order valence-electron chi connectivity index (χ2n) is 5.83. The molecule has 0 aliphatic carbocycles. The van der Waals surface area contributed by atoms with Crippen molar-refractivity contribution in [1.29, 1.82) is 0 Å². The van der Waals surface area contributed by atoms with Crippen LogP contribution in [0.4, 0.5) is 0 Å². The van der Waals surface area contributed by atoms with Crippen molar-refractivity contribution in [3.8, 4) is 11.5 Å². The Morgan fingerprint density at radius 3 is 2.29 bits per heavy atom. The first kappa shape index (κ1) is 17.9. The van der Waals surface area contributed by atoms with Crippen LogP contribution in [0, 0.1) is 13.8 Å². The summed E-state index contributed by atoms with van der Waals surface area (Å²) in [5.41, 5.74) is 3.38. The van der Waals surface area contributed by atoms with Gasteiger partial charge in [0.25, 0.3) is 5.91 Å². The summed E-state index contributed by atoms with van der Waals surface area (Å²) >= 11 is 0. The van der Waals surface area contributed by atoms with Crippen molar-refractivity contribution < 1.29 is 14.3 Å². The maximum absolute atomic E-state index is 12.4. The van der Waals surface area contributed by atoms with Gasteiger partial charge in [-0.3, -0.25) is 4.79 Å². The maximum atomic E-state index is 12.4. The lowest BCUT2D eigenvalue weighted by molar-refractivity contribution is -0.128. The molecule has 2 rings (SSSR count). The second-order valence-corrected chi connectivity index (χ2v) is 5.83. The van der Waals surface area contributed by atoms with E-state index in [1.807, 2.05) is 56.3 Å². The van der Waals surface area contributed by atoms with Crippen LogP contribution in [0.15, 0.2) is 42.5 Å². The standard InChI is InChI=1S/C20H25NO3/c1-5-19(24-18-9-6-14(2)15(3)12-18)20(22)21-13-16-7-10-17(23-4)11-8-16/h6-12,19H,5,13H2,1-4H3,(H,21,22)/t19-/m0/s1. The summed E-state index contributed by atoms with van der Waals surface area (Å²) in [6.07, 6.45) is 0.117. The van der Waals surface area contributed by atoms with Gasteiger partial charge in [-0.05, 0) is 61.2 Å². The second kappa shape index (κ2) is 8.39. The Balaban J connectivity index is 1.93. The van der Waals surface area contributed by atoms with Gasteiger partial charge in [-0.2, -0.15) is 0 Å². The quantitative estimate of drug-likeness (QED) is 0.842. The fourth-order valence-corrected chi connectivity index (χ4v) is 2.32. The fraction of sp³-hybridized carbons (Fsp3) is 0.350. The highest BCUT2D eigenvalue weighted by atomic mass is 16.5. The number of methoxy groups -OCH3 is 1.